The number of anilines is 2. The molecule has 180 valence electrons. The fourth-order valence-electron chi connectivity index (χ4n) is 3.45. The summed E-state index contributed by atoms with van der Waals surface area (Å²) < 4.78 is 5.19. The van der Waals surface area contributed by atoms with Crippen LogP contribution in [0, 0.1) is 11.8 Å². The lowest BCUT2D eigenvalue weighted by molar-refractivity contribution is -0.137. The number of nitrogens with one attached hydrogen (secondary N) is 2. The highest BCUT2D eigenvalue weighted by Crippen LogP contribution is 2.37. The van der Waals surface area contributed by atoms with Crippen molar-refractivity contribution in [2.75, 3.05) is 24.3 Å². The second-order valence-electron chi connectivity index (χ2n) is 8.95. The van der Waals surface area contributed by atoms with Gasteiger partial charge >= 0.3 is 0 Å². The molecule has 0 unspecified atom stereocenters. The highest BCUT2D eigenvalue weighted by Gasteiger charge is 2.39. The Hall–Kier alpha value is -3.26. The van der Waals surface area contributed by atoms with Crippen LogP contribution in [0.25, 0.3) is 0 Å². The Morgan fingerprint density at radius 3 is 2.29 bits per heavy atom. The van der Waals surface area contributed by atoms with Crippen molar-refractivity contribution < 1.29 is 19.1 Å². The largest absolute Gasteiger partial charge is 0.497 e. The minimum Gasteiger partial charge on any atom is -0.497 e. The SMILES string of the molecule is COc1ccc(NC2=C(Sc3cccc(NC(=O)CC(C)C)c3)C(=O)N(CC(C)C)C2=O)cc1. The van der Waals surface area contributed by atoms with E-state index in [0.717, 1.165) is 4.90 Å². The smallest absolute Gasteiger partial charge is 0.278 e. The molecule has 0 saturated carbocycles. The molecule has 1 aliphatic heterocycles. The van der Waals surface area contributed by atoms with E-state index in [9.17, 15) is 14.4 Å². The molecule has 0 aromatic heterocycles. The molecule has 3 rings (SSSR count). The van der Waals surface area contributed by atoms with E-state index in [1.54, 1.807) is 37.4 Å². The van der Waals surface area contributed by atoms with E-state index in [-0.39, 0.29) is 35.3 Å². The van der Waals surface area contributed by atoms with Gasteiger partial charge in [0.2, 0.25) is 5.91 Å². The van der Waals surface area contributed by atoms with Gasteiger partial charge in [-0.2, -0.15) is 0 Å². The van der Waals surface area contributed by atoms with Crippen molar-refractivity contribution in [1.29, 1.82) is 0 Å². The Morgan fingerprint density at radius 1 is 0.971 bits per heavy atom. The summed E-state index contributed by atoms with van der Waals surface area (Å²) in [6, 6.07) is 14.4. The summed E-state index contributed by atoms with van der Waals surface area (Å²) in [5.41, 5.74) is 1.57. The Balaban J connectivity index is 1.89. The third kappa shape index (κ3) is 6.41. The van der Waals surface area contributed by atoms with Gasteiger partial charge in [-0.1, -0.05) is 45.5 Å². The van der Waals surface area contributed by atoms with Crippen LogP contribution in [0.15, 0.2) is 64.0 Å². The first-order valence-electron chi connectivity index (χ1n) is 11.3. The minimum atomic E-state index is -0.349. The van der Waals surface area contributed by atoms with Crippen LogP contribution in [0.2, 0.25) is 0 Å². The van der Waals surface area contributed by atoms with E-state index in [0.29, 0.717) is 35.0 Å². The van der Waals surface area contributed by atoms with Gasteiger partial charge in [0, 0.05) is 29.2 Å². The molecule has 0 aliphatic carbocycles. The molecule has 1 aliphatic rings. The van der Waals surface area contributed by atoms with E-state index >= 15 is 0 Å². The summed E-state index contributed by atoms with van der Waals surface area (Å²) in [5, 5.41) is 6.03. The number of ether oxygens (including phenoxy) is 1. The average molecular weight is 482 g/mol. The third-order valence-corrected chi connectivity index (χ3v) is 6.04. The van der Waals surface area contributed by atoms with Crippen molar-refractivity contribution >= 4 is 40.9 Å². The molecule has 2 aromatic carbocycles. The van der Waals surface area contributed by atoms with Crippen molar-refractivity contribution in [3.05, 3.63) is 59.1 Å². The first-order valence-corrected chi connectivity index (χ1v) is 12.1. The number of amides is 3. The van der Waals surface area contributed by atoms with Crippen LogP contribution in [-0.4, -0.2) is 36.3 Å². The summed E-state index contributed by atoms with van der Waals surface area (Å²) in [4.78, 5) is 41.0. The predicted octanol–water partition coefficient (Wildman–Crippen LogP) is 5.12. The van der Waals surface area contributed by atoms with E-state index in [1.807, 2.05) is 45.9 Å². The number of rotatable bonds is 10. The molecule has 0 atom stereocenters. The van der Waals surface area contributed by atoms with Crippen molar-refractivity contribution in [3.63, 3.8) is 0 Å². The number of hydrogen-bond acceptors (Lipinski definition) is 6. The van der Waals surface area contributed by atoms with E-state index in [4.69, 9.17) is 4.74 Å². The fraction of sp³-hybridized carbons (Fsp3) is 0.346. The first-order chi connectivity index (χ1) is 16.2. The van der Waals surface area contributed by atoms with Gasteiger partial charge in [-0.05, 0) is 54.3 Å². The molecule has 0 fully saturated rings. The quantitative estimate of drug-likeness (QED) is 0.458. The normalized spacial score (nSPS) is 13.8. The predicted molar refractivity (Wildman–Crippen MR) is 136 cm³/mol. The molecule has 1 heterocycles. The van der Waals surface area contributed by atoms with Gasteiger partial charge in [-0.25, -0.2) is 0 Å². The summed E-state index contributed by atoms with van der Waals surface area (Å²) in [6.45, 7) is 8.24. The topological polar surface area (TPSA) is 87.7 Å². The number of carbonyl (C=O) groups excluding carboxylic acids is 3. The van der Waals surface area contributed by atoms with E-state index in [1.165, 1.54) is 16.7 Å². The first kappa shape index (κ1) is 25.4. The van der Waals surface area contributed by atoms with Gasteiger partial charge in [0.15, 0.2) is 0 Å². The monoisotopic (exact) mass is 481 g/mol. The number of thioether (sulfide) groups is 1. The highest BCUT2D eigenvalue weighted by molar-refractivity contribution is 8.04. The molecule has 0 bridgehead atoms. The molecule has 2 N–H and O–H groups in total. The molecule has 3 amide bonds. The minimum absolute atomic E-state index is 0.0616. The van der Waals surface area contributed by atoms with Crippen LogP contribution in [0.5, 0.6) is 5.75 Å². The molecule has 0 saturated heterocycles. The lowest BCUT2D eigenvalue weighted by Gasteiger charge is -2.17. The lowest BCUT2D eigenvalue weighted by Crippen LogP contribution is -2.35. The summed E-state index contributed by atoms with van der Waals surface area (Å²) in [5.74, 6) is 0.351. The van der Waals surface area contributed by atoms with Crippen molar-refractivity contribution in [1.82, 2.24) is 4.90 Å². The van der Waals surface area contributed by atoms with Crippen molar-refractivity contribution in [2.45, 2.75) is 39.0 Å². The maximum absolute atomic E-state index is 13.2. The average Bonchev–Trinajstić information content (AvgIpc) is 2.98. The van der Waals surface area contributed by atoms with E-state index in [2.05, 4.69) is 10.6 Å². The molecule has 2 aromatic rings. The van der Waals surface area contributed by atoms with Gasteiger partial charge in [0.05, 0.1) is 7.11 Å². The maximum Gasteiger partial charge on any atom is 0.278 e. The summed E-state index contributed by atoms with van der Waals surface area (Å²) >= 11 is 1.21. The number of carbonyl (C=O) groups is 3. The second kappa shape index (κ2) is 11.2. The molecule has 8 heteroatoms. The zero-order valence-electron chi connectivity index (χ0n) is 20.2. The fourth-order valence-corrected chi connectivity index (χ4v) is 4.45. The van der Waals surface area contributed by atoms with Gasteiger partial charge in [-0.3, -0.25) is 19.3 Å². The standard InChI is InChI=1S/C26H31N3O4S/c1-16(2)13-22(30)27-19-7-6-8-21(14-19)34-24-23(25(31)29(26(24)32)15-17(3)4)28-18-9-11-20(33-5)12-10-18/h6-12,14,16-17,28H,13,15H2,1-5H3,(H,27,30). The van der Waals surface area contributed by atoms with Crippen LogP contribution < -0.4 is 15.4 Å². The second-order valence-corrected chi connectivity index (χ2v) is 10.0. The van der Waals surface area contributed by atoms with Gasteiger partial charge in [-0.15, -0.1) is 0 Å². The molecule has 7 nitrogen and oxygen atoms in total. The van der Waals surface area contributed by atoms with Crippen molar-refractivity contribution in [3.8, 4) is 5.75 Å². The molecule has 0 spiro atoms. The number of imide groups is 1. The lowest BCUT2D eigenvalue weighted by atomic mass is 10.1. The maximum atomic E-state index is 13.2. The highest BCUT2D eigenvalue weighted by atomic mass is 32.2. The van der Waals surface area contributed by atoms with Crippen LogP contribution >= 0.6 is 11.8 Å². The van der Waals surface area contributed by atoms with E-state index < -0.39 is 0 Å². The van der Waals surface area contributed by atoms with Gasteiger partial charge in [0.25, 0.3) is 11.8 Å². The van der Waals surface area contributed by atoms with Crippen LogP contribution in [-0.2, 0) is 14.4 Å². The molecular weight excluding hydrogens is 450 g/mol. The molecular formula is C26H31N3O4S. The van der Waals surface area contributed by atoms with Crippen LogP contribution in [0.1, 0.15) is 34.1 Å². The van der Waals surface area contributed by atoms with Gasteiger partial charge in [0.1, 0.15) is 16.4 Å². The number of benzene rings is 2. The Morgan fingerprint density at radius 2 is 1.68 bits per heavy atom. The summed E-state index contributed by atoms with van der Waals surface area (Å²) in [7, 11) is 1.59. The Kier molecular flexibility index (Phi) is 8.39. The molecule has 34 heavy (non-hydrogen) atoms. The third-order valence-electron chi connectivity index (χ3n) is 4.96. The zero-order chi connectivity index (χ0) is 24.8. The van der Waals surface area contributed by atoms with Crippen LogP contribution in [0.3, 0.4) is 0 Å². The Bertz CT molecular complexity index is 1090. The number of methoxy groups -OCH3 is 1. The number of nitrogens with zero attached hydrogens (tertiary/aromatic N) is 1. The summed E-state index contributed by atoms with van der Waals surface area (Å²) in [6.07, 6.45) is 0.426. The van der Waals surface area contributed by atoms with Gasteiger partial charge < -0.3 is 15.4 Å². The zero-order valence-corrected chi connectivity index (χ0v) is 21.0. The van der Waals surface area contributed by atoms with Crippen LogP contribution in [0.4, 0.5) is 11.4 Å². The molecule has 0 radical (unpaired) electrons. The number of hydrogen-bond donors (Lipinski definition) is 2. The Labute approximate surface area is 204 Å². The van der Waals surface area contributed by atoms with Crippen molar-refractivity contribution in [2.24, 2.45) is 11.8 Å².